The summed E-state index contributed by atoms with van der Waals surface area (Å²) in [6, 6.07) is 17.5. The highest BCUT2D eigenvalue weighted by Crippen LogP contribution is 2.44. The lowest BCUT2D eigenvalue weighted by Gasteiger charge is -2.37. The first-order chi connectivity index (χ1) is 11.3. The van der Waals surface area contributed by atoms with Gasteiger partial charge in [0.1, 0.15) is 11.9 Å². The van der Waals surface area contributed by atoms with Crippen molar-refractivity contribution in [3.05, 3.63) is 60.2 Å². The first-order valence-electron chi connectivity index (χ1n) is 7.62. The molecule has 0 radical (unpaired) electrons. The fourth-order valence-electron chi connectivity index (χ4n) is 3.34. The third-order valence-corrected chi connectivity index (χ3v) is 4.35. The second-order valence-corrected chi connectivity index (χ2v) is 5.72. The molecule has 4 heteroatoms. The Morgan fingerprint density at radius 3 is 2.65 bits per heavy atom. The van der Waals surface area contributed by atoms with Crippen LogP contribution in [-0.4, -0.2) is 30.1 Å². The van der Waals surface area contributed by atoms with Gasteiger partial charge in [-0.1, -0.05) is 48.4 Å². The van der Waals surface area contributed by atoms with Gasteiger partial charge in [0, 0.05) is 6.54 Å². The average Bonchev–Trinajstić information content (AvgIpc) is 2.92. The van der Waals surface area contributed by atoms with Gasteiger partial charge >= 0.3 is 6.03 Å². The second-order valence-electron chi connectivity index (χ2n) is 5.72. The lowest BCUT2D eigenvalue weighted by molar-refractivity contribution is 0.161. The van der Waals surface area contributed by atoms with Crippen molar-refractivity contribution in [3.63, 3.8) is 0 Å². The van der Waals surface area contributed by atoms with Gasteiger partial charge in [-0.3, -0.25) is 4.90 Å². The molecule has 2 aliphatic heterocycles. The van der Waals surface area contributed by atoms with Gasteiger partial charge < -0.3 is 9.64 Å². The number of terminal acetylenes is 1. The van der Waals surface area contributed by atoms with E-state index < -0.39 is 0 Å². The number of nitrogens with zero attached hydrogens (tertiary/aromatic N) is 2. The fraction of sp³-hybridized carbons (Fsp3) is 0.211. The first-order valence-corrected chi connectivity index (χ1v) is 7.62. The van der Waals surface area contributed by atoms with Crippen LogP contribution >= 0.6 is 0 Å². The summed E-state index contributed by atoms with van der Waals surface area (Å²) in [4.78, 5) is 16.3. The molecule has 114 valence electrons. The number of fused-ring (bicyclic) bond motifs is 3. The van der Waals surface area contributed by atoms with Crippen LogP contribution in [-0.2, 0) is 0 Å². The molecule has 2 aliphatic rings. The van der Waals surface area contributed by atoms with Crippen molar-refractivity contribution in [3.8, 4) is 18.1 Å². The number of carbonyl (C=O) groups excluding carboxylic acids is 1. The number of carbonyl (C=O) groups is 1. The quantitative estimate of drug-likeness (QED) is 0.799. The van der Waals surface area contributed by atoms with Crippen molar-refractivity contribution < 1.29 is 9.53 Å². The Bertz CT molecular complexity index is 781. The molecule has 1 fully saturated rings. The number of ether oxygens (including phenoxy) is 1. The third-order valence-electron chi connectivity index (χ3n) is 4.35. The lowest BCUT2D eigenvalue weighted by Crippen LogP contribution is -2.43. The van der Waals surface area contributed by atoms with E-state index in [2.05, 4.69) is 5.92 Å². The molecule has 23 heavy (non-hydrogen) atoms. The minimum atomic E-state index is -0.196. The number of benzene rings is 2. The van der Waals surface area contributed by atoms with Crippen LogP contribution in [0.25, 0.3) is 0 Å². The summed E-state index contributed by atoms with van der Waals surface area (Å²) < 4.78 is 6.23. The molecule has 0 N–H and O–H groups in total. The highest BCUT2D eigenvalue weighted by atomic mass is 16.5. The molecule has 0 aromatic heterocycles. The summed E-state index contributed by atoms with van der Waals surface area (Å²) >= 11 is 0. The summed E-state index contributed by atoms with van der Waals surface area (Å²) in [5.74, 6) is 3.30. The Kier molecular flexibility index (Phi) is 3.20. The maximum Gasteiger partial charge on any atom is 0.325 e. The maximum absolute atomic E-state index is 12.8. The molecule has 2 atom stereocenters. The summed E-state index contributed by atoms with van der Waals surface area (Å²) in [5.41, 5.74) is 1.88. The summed E-state index contributed by atoms with van der Waals surface area (Å²) in [7, 11) is 0. The van der Waals surface area contributed by atoms with Crippen LogP contribution < -0.4 is 9.64 Å². The van der Waals surface area contributed by atoms with Crippen molar-refractivity contribution in [1.29, 1.82) is 0 Å². The second kappa shape index (κ2) is 5.36. The molecule has 0 saturated carbocycles. The predicted molar refractivity (Wildman–Crippen MR) is 88.3 cm³/mol. The van der Waals surface area contributed by atoms with Gasteiger partial charge in [-0.05, 0) is 17.7 Å². The van der Waals surface area contributed by atoms with Crippen LogP contribution in [0, 0.1) is 12.3 Å². The van der Waals surface area contributed by atoms with Gasteiger partial charge in [0.25, 0.3) is 0 Å². The van der Waals surface area contributed by atoms with E-state index in [9.17, 15) is 4.79 Å². The molecule has 2 amide bonds. The highest BCUT2D eigenvalue weighted by Gasteiger charge is 2.47. The van der Waals surface area contributed by atoms with E-state index in [-0.39, 0.29) is 18.2 Å². The average molecular weight is 304 g/mol. The Balaban J connectivity index is 1.80. The number of para-hydroxylation sites is 2. The summed E-state index contributed by atoms with van der Waals surface area (Å²) in [5, 5.41) is 0. The first kappa shape index (κ1) is 13.7. The largest absolute Gasteiger partial charge is 0.481 e. The van der Waals surface area contributed by atoms with Gasteiger partial charge in [0.15, 0.2) is 0 Å². The predicted octanol–water partition coefficient (Wildman–Crippen LogP) is 3.06. The molecule has 0 bridgehead atoms. The number of hydrogen-bond acceptors (Lipinski definition) is 2. The van der Waals surface area contributed by atoms with Gasteiger partial charge in [0.05, 0.1) is 18.3 Å². The minimum Gasteiger partial charge on any atom is -0.481 e. The van der Waals surface area contributed by atoms with E-state index in [0.717, 1.165) is 17.0 Å². The van der Waals surface area contributed by atoms with Crippen LogP contribution in [0.1, 0.15) is 11.7 Å². The number of urea groups is 1. The minimum absolute atomic E-state index is 0.0513. The zero-order valence-electron chi connectivity index (χ0n) is 12.6. The van der Waals surface area contributed by atoms with Gasteiger partial charge in [0.2, 0.25) is 0 Å². The monoisotopic (exact) mass is 304 g/mol. The van der Waals surface area contributed by atoms with E-state index >= 15 is 0 Å². The zero-order valence-corrected chi connectivity index (χ0v) is 12.6. The standard InChI is InChI=1S/C19H16N2O2/c1-2-12-20-13-16-18(14-8-4-3-5-9-14)23-17-11-7-6-10-15(17)21(16)19(20)22/h1,3-11,16,18H,12-13H2. The van der Waals surface area contributed by atoms with E-state index in [1.165, 1.54) is 0 Å². The number of hydrogen-bond donors (Lipinski definition) is 0. The van der Waals surface area contributed by atoms with Crippen molar-refractivity contribution in [1.82, 2.24) is 4.90 Å². The van der Waals surface area contributed by atoms with Crippen LogP contribution in [0.4, 0.5) is 10.5 Å². The maximum atomic E-state index is 12.8. The van der Waals surface area contributed by atoms with Crippen LogP contribution in [0.2, 0.25) is 0 Å². The van der Waals surface area contributed by atoms with E-state index in [1.807, 2.05) is 59.5 Å². The summed E-state index contributed by atoms with van der Waals surface area (Å²) in [6.45, 7) is 0.881. The number of amides is 2. The molecule has 4 rings (SSSR count). The third kappa shape index (κ3) is 2.13. The Hall–Kier alpha value is -2.93. The molecule has 0 spiro atoms. The summed E-state index contributed by atoms with van der Waals surface area (Å²) in [6.07, 6.45) is 5.21. The molecule has 2 aromatic rings. The topological polar surface area (TPSA) is 32.8 Å². The van der Waals surface area contributed by atoms with E-state index in [4.69, 9.17) is 11.2 Å². The van der Waals surface area contributed by atoms with E-state index in [0.29, 0.717) is 13.1 Å². The van der Waals surface area contributed by atoms with Crippen LogP contribution in [0.5, 0.6) is 5.75 Å². The highest BCUT2D eigenvalue weighted by molar-refractivity contribution is 5.97. The molecule has 2 aromatic carbocycles. The fourth-order valence-corrected chi connectivity index (χ4v) is 3.34. The van der Waals surface area contributed by atoms with Crippen molar-refractivity contribution in [2.24, 2.45) is 0 Å². The van der Waals surface area contributed by atoms with Crippen molar-refractivity contribution in [2.75, 3.05) is 18.0 Å². The normalized spacial score (nSPS) is 22.1. The van der Waals surface area contributed by atoms with Crippen LogP contribution in [0.3, 0.4) is 0 Å². The van der Waals surface area contributed by atoms with Gasteiger partial charge in [-0.15, -0.1) is 6.42 Å². The van der Waals surface area contributed by atoms with Gasteiger partial charge in [-0.25, -0.2) is 4.79 Å². The smallest absolute Gasteiger partial charge is 0.325 e. The molecular formula is C19H16N2O2. The molecule has 2 heterocycles. The molecule has 1 saturated heterocycles. The molecule has 4 nitrogen and oxygen atoms in total. The molecule has 0 aliphatic carbocycles. The van der Waals surface area contributed by atoms with Crippen LogP contribution in [0.15, 0.2) is 54.6 Å². The van der Waals surface area contributed by atoms with Crippen molar-refractivity contribution in [2.45, 2.75) is 12.1 Å². The Labute approximate surface area is 135 Å². The Morgan fingerprint density at radius 2 is 1.87 bits per heavy atom. The number of anilines is 1. The SMILES string of the molecule is C#CCN1CC2C(c3ccccc3)Oc3ccccc3N2C1=O. The lowest BCUT2D eigenvalue weighted by atomic mass is 9.99. The van der Waals surface area contributed by atoms with Crippen molar-refractivity contribution >= 4 is 11.7 Å². The van der Waals surface area contributed by atoms with E-state index in [1.54, 1.807) is 4.90 Å². The number of rotatable bonds is 2. The van der Waals surface area contributed by atoms with Gasteiger partial charge in [-0.2, -0.15) is 0 Å². The zero-order chi connectivity index (χ0) is 15.8. The molecule has 2 unspecified atom stereocenters. The molecular weight excluding hydrogens is 288 g/mol. The Morgan fingerprint density at radius 1 is 1.13 bits per heavy atom.